The van der Waals surface area contributed by atoms with Crippen molar-refractivity contribution in [2.24, 2.45) is 0 Å². The van der Waals surface area contributed by atoms with E-state index in [-0.39, 0.29) is 43.7 Å². The molecule has 0 aliphatic carbocycles. The molecule has 1 heterocycles. The van der Waals surface area contributed by atoms with Gasteiger partial charge in [-0.1, -0.05) is 23.2 Å². The van der Waals surface area contributed by atoms with Gasteiger partial charge in [-0.25, -0.2) is 9.66 Å². The number of phenols is 1. The number of nitrogens with zero attached hydrogens (tertiary/aromatic N) is 2. The van der Waals surface area contributed by atoms with E-state index in [2.05, 4.69) is 4.98 Å². The maximum Gasteiger partial charge on any atom is 0.281 e. The summed E-state index contributed by atoms with van der Waals surface area (Å²) in [6.45, 7) is 0. The van der Waals surface area contributed by atoms with Crippen LogP contribution < -0.4 is 11.4 Å². The fourth-order valence-electron chi connectivity index (χ4n) is 1.23. The zero-order valence-electron chi connectivity index (χ0n) is 7.65. The van der Waals surface area contributed by atoms with E-state index in [0.29, 0.717) is 0 Å². The molecule has 1 aromatic heterocycles. The Morgan fingerprint density at radius 3 is 2.62 bits per heavy atom. The van der Waals surface area contributed by atoms with Crippen molar-refractivity contribution >= 4 is 51.1 Å². The van der Waals surface area contributed by atoms with Gasteiger partial charge in [0.1, 0.15) is 11.8 Å². The van der Waals surface area contributed by atoms with Crippen LogP contribution in [0.1, 0.15) is 0 Å². The molecule has 0 fully saturated rings. The van der Waals surface area contributed by atoms with E-state index in [9.17, 15) is 9.90 Å². The van der Waals surface area contributed by atoms with Crippen LogP contribution >= 0.6 is 40.2 Å². The first-order valence-corrected chi connectivity index (χ1v) is 4.61. The lowest BCUT2D eigenvalue weighted by Gasteiger charge is -2.05. The van der Waals surface area contributed by atoms with Gasteiger partial charge in [0, 0.05) is 0 Å². The molecular formula is C8H6BrCl2N3O2. The number of nitrogens with two attached hydrogens (primary N) is 1. The molecule has 0 atom stereocenters. The van der Waals surface area contributed by atoms with Gasteiger partial charge in [-0.3, -0.25) is 4.79 Å². The standard InChI is InChI=1S/C8H5Cl2N3O2.BrH/c9-3-1-4(10)7(14)6-5(3)8(15)13(11)2-12-6;/h1-2,14H,11H2;1H. The number of nitrogen functional groups attached to an aromatic ring is 1. The van der Waals surface area contributed by atoms with Crippen molar-refractivity contribution in [3.05, 3.63) is 32.8 Å². The summed E-state index contributed by atoms with van der Waals surface area (Å²) in [5.74, 6) is 5.03. The molecule has 0 radical (unpaired) electrons. The van der Waals surface area contributed by atoms with Crippen LogP contribution in [0.4, 0.5) is 0 Å². The summed E-state index contributed by atoms with van der Waals surface area (Å²) in [6, 6.07) is 1.27. The first-order chi connectivity index (χ1) is 7.02. The molecule has 86 valence electrons. The molecule has 0 aliphatic rings. The third-order valence-corrected chi connectivity index (χ3v) is 2.53. The van der Waals surface area contributed by atoms with Crippen LogP contribution in [-0.2, 0) is 0 Å². The number of hydrogen-bond donors (Lipinski definition) is 2. The maximum absolute atomic E-state index is 11.6. The molecule has 16 heavy (non-hydrogen) atoms. The molecule has 0 aliphatic heterocycles. The molecule has 0 bridgehead atoms. The van der Waals surface area contributed by atoms with Gasteiger partial charge < -0.3 is 10.9 Å². The lowest BCUT2D eigenvalue weighted by Crippen LogP contribution is -2.27. The van der Waals surface area contributed by atoms with Crippen LogP contribution in [-0.4, -0.2) is 14.8 Å². The van der Waals surface area contributed by atoms with E-state index < -0.39 is 5.56 Å². The van der Waals surface area contributed by atoms with Crippen molar-refractivity contribution in [2.45, 2.75) is 0 Å². The third-order valence-electron chi connectivity index (χ3n) is 1.94. The lowest BCUT2D eigenvalue weighted by atomic mass is 10.2. The minimum atomic E-state index is -0.544. The largest absolute Gasteiger partial charge is 0.504 e. The van der Waals surface area contributed by atoms with Crippen molar-refractivity contribution in [2.75, 3.05) is 5.84 Å². The maximum atomic E-state index is 11.6. The molecule has 3 N–H and O–H groups in total. The summed E-state index contributed by atoms with van der Waals surface area (Å²) >= 11 is 11.5. The molecule has 1 aromatic carbocycles. The van der Waals surface area contributed by atoms with Gasteiger partial charge >= 0.3 is 0 Å². The second kappa shape index (κ2) is 4.48. The first kappa shape index (κ1) is 13.1. The monoisotopic (exact) mass is 325 g/mol. The number of benzene rings is 1. The normalized spacial score (nSPS) is 10.1. The summed E-state index contributed by atoms with van der Waals surface area (Å²) < 4.78 is 0.779. The van der Waals surface area contributed by atoms with Crippen molar-refractivity contribution < 1.29 is 5.11 Å². The first-order valence-electron chi connectivity index (χ1n) is 3.85. The predicted molar refractivity (Wildman–Crippen MR) is 68.2 cm³/mol. The van der Waals surface area contributed by atoms with Gasteiger partial charge in [0.15, 0.2) is 5.75 Å². The fourth-order valence-corrected chi connectivity index (χ4v) is 1.76. The molecule has 5 nitrogen and oxygen atoms in total. The van der Waals surface area contributed by atoms with Gasteiger partial charge in [0.25, 0.3) is 5.56 Å². The Kier molecular flexibility index (Phi) is 3.67. The highest BCUT2D eigenvalue weighted by Crippen LogP contribution is 2.33. The topological polar surface area (TPSA) is 81.1 Å². The summed E-state index contributed by atoms with van der Waals surface area (Å²) in [7, 11) is 0. The van der Waals surface area contributed by atoms with Gasteiger partial charge in [-0.15, -0.1) is 17.0 Å². The van der Waals surface area contributed by atoms with Gasteiger partial charge in [0.05, 0.1) is 15.4 Å². The highest BCUT2D eigenvalue weighted by molar-refractivity contribution is 8.93. The molecule has 0 unspecified atom stereocenters. The average Bonchev–Trinajstić information content (AvgIpc) is 2.18. The smallest absolute Gasteiger partial charge is 0.281 e. The van der Waals surface area contributed by atoms with Crippen molar-refractivity contribution in [1.82, 2.24) is 9.66 Å². The Morgan fingerprint density at radius 1 is 1.38 bits per heavy atom. The Hall–Kier alpha value is -0.980. The number of phenolic OH excluding ortho intramolecular Hbond substituents is 1. The number of aromatic hydroxyl groups is 1. The highest BCUT2D eigenvalue weighted by Gasteiger charge is 2.14. The second-order valence-corrected chi connectivity index (χ2v) is 3.68. The fraction of sp³-hybridized carbons (Fsp3) is 0. The zero-order chi connectivity index (χ0) is 11.2. The Labute approximate surface area is 110 Å². The number of fused-ring (bicyclic) bond motifs is 1. The van der Waals surface area contributed by atoms with Gasteiger partial charge in [-0.05, 0) is 6.07 Å². The summed E-state index contributed by atoms with van der Waals surface area (Å²) in [5.41, 5.74) is -0.504. The number of aromatic nitrogens is 2. The van der Waals surface area contributed by atoms with E-state index in [1.807, 2.05) is 0 Å². The lowest BCUT2D eigenvalue weighted by molar-refractivity contribution is 0.480. The SMILES string of the molecule is Br.Nn1cnc2c(O)c(Cl)cc(Cl)c2c1=O. The van der Waals surface area contributed by atoms with Crippen molar-refractivity contribution in [1.29, 1.82) is 0 Å². The van der Waals surface area contributed by atoms with Crippen LogP contribution in [0.5, 0.6) is 5.75 Å². The van der Waals surface area contributed by atoms with E-state index in [1.54, 1.807) is 0 Å². The van der Waals surface area contributed by atoms with Crippen LogP contribution in [0.15, 0.2) is 17.2 Å². The molecule has 8 heteroatoms. The van der Waals surface area contributed by atoms with Gasteiger partial charge in [-0.2, -0.15) is 0 Å². The van der Waals surface area contributed by atoms with E-state index in [0.717, 1.165) is 11.0 Å². The summed E-state index contributed by atoms with van der Waals surface area (Å²) in [6.07, 6.45) is 1.08. The second-order valence-electron chi connectivity index (χ2n) is 2.87. The Bertz CT molecular complexity index is 614. The van der Waals surface area contributed by atoms with Gasteiger partial charge in [0.2, 0.25) is 0 Å². The van der Waals surface area contributed by atoms with Crippen LogP contribution in [0.3, 0.4) is 0 Å². The summed E-state index contributed by atoms with van der Waals surface area (Å²) in [4.78, 5) is 15.4. The zero-order valence-corrected chi connectivity index (χ0v) is 10.9. The number of hydrogen-bond acceptors (Lipinski definition) is 4. The Morgan fingerprint density at radius 2 is 2.00 bits per heavy atom. The quantitative estimate of drug-likeness (QED) is 0.722. The molecule has 0 amide bonds. The minimum absolute atomic E-state index is 0. The van der Waals surface area contributed by atoms with Crippen LogP contribution in [0.25, 0.3) is 10.9 Å². The predicted octanol–water partition coefficient (Wildman–Crippen LogP) is 1.70. The molecule has 0 saturated carbocycles. The van der Waals surface area contributed by atoms with E-state index in [4.69, 9.17) is 29.0 Å². The minimum Gasteiger partial charge on any atom is -0.504 e. The molecule has 2 aromatic rings. The molecule has 0 saturated heterocycles. The molecular weight excluding hydrogens is 321 g/mol. The molecule has 2 rings (SSSR count). The summed E-state index contributed by atoms with van der Waals surface area (Å²) in [5, 5.41) is 9.74. The number of rotatable bonds is 0. The van der Waals surface area contributed by atoms with Crippen LogP contribution in [0.2, 0.25) is 10.0 Å². The van der Waals surface area contributed by atoms with E-state index in [1.165, 1.54) is 6.07 Å². The van der Waals surface area contributed by atoms with E-state index >= 15 is 0 Å². The molecule has 0 spiro atoms. The average molecular weight is 327 g/mol. The third kappa shape index (κ3) is 1.83. The van der Waals surface area contributed by atoms with Crippen molar-refractivity contribution in [3.8, 4) is 5.75 Å². The van der Waals surface area contributed by atoms with Crippen LogP contribution in [0, 0.1) is 0 Å². The van der Waals surface area contributed by atoms with Crippen molar-refractivity contribution in [3.63, 3.8) is 0 Å². The highest BCUT2D eigenvalue weighted by atomic mass is 79.9. The number of halogens is 3. The Balaban J connectivity index is 0.00000128.